The molecule has 0 radical (unpaired) electrons. The Morgan fingerprint density at radius 2 is 1.95 bits per heavy atom. The van der Waals surface area contributed by atoms with Crippen LogP contribution in [0.5, 0.6) is 0 Å². The molecule has 2 aromatic carbocycles. The van der Waals surface area contributed by atoms with Crippen molar-refractivity contribution >= 4 is 11.6 Å². The summed E-state index contributed by atoms with van der Waals surface area (Å²) in [4.78, 5) is 13.8. The van der Waals surface area contributed by atoms with Crippen molar-refractivity contribution in [2.45, 2.75) is 13.5 Å². The van der Waals surface area contributed by atoms with Crippen LogP contribution in [0.4, 0.5) is 14.5 Å². The van der Waals surface area contributed by atoms with Gasteiger partial charge in [0.05, 0.1) is 5.56 Å². The predicted octanol–water partition coefficient (Wildman–Crippen LogP) is 3.21. The third-order valence-electron chi connectivity index (χ3n) is 3.15. The summed E-state index contributed by atoms with van der Waals surface area (Å²) in [5, 5.41) is 0. The molecule has 0 saturated heterocycles. The maximum atomic E-state index is 13.7. The Bertz CT molecular complexity index is 658. The van der Waals surface area contributed by atoms with Crippen molar-refractivity contribution in [2.75, 3.05) is 12.3 Å². The molecule has 0 aromatic heterocycles. The molecule has 3 nitrogen and oxygen atoms in total. The van der Waals surface area contributed by atoms with Crippen LogP contribution in [0.15, 0.2) is 42.5 Å². The third-order valence-corrected chi connectivity index (χ3v) is 3.15. The number of benzene rings is 2. The van der Waals surface area contributed by atoms with Gasteiger partial charge in [-0.3, -0.25) is 4.79 Å². The summed E-state index contributed by atoms with van der Waals surface area (Å²) in [6.07, 6.45) is 0. The first kappa shape index (κ1) is 15.0. The number of amides is 1. The number of hydrogen-bond donors (Lipinski definition) is 1. The van der Waals surface area contributed by atoms with Gasteiger partial charge in [0, 0.05) is 24.8 Å². The van der Waals surface area contributed by atoms with E-state index in [2.05, 4.69) is 0 Å². The maximum Gasteiger partial charge on any atom is 0.257 e. The van der Waals surface area contributed by atoms with Crippen LogP contribution in [-0.2, 0) is 6.54 Å². The zero-order valence-corrected chi connectivity index (χ0v) is 11.6. The molecule has 2 rings (SSSR count). The van der Waals surface area contributed by atoms with E-state index in [1.807, 2.05) is 6.07 Å². The molecule has 0 aliphatic carbocycles. The minimum Gasteiger partial charge on any atom is -0.399 e. The summed E-state index contributed by atoms with van der Waals surface area (Å²) < 4.78 is 26.6. The fourth-order valence-electron chi connectivity index (χ4n) is 2.07. The zero-order chi connectivity index (χ0) is 15.4. The van der Waals surface area contributed by atoms with Crippen molar-refractivity contribution < 1.29 is 13.6 Å². The lowest BCUT2D eigenvalue weighted by Crippen LogP contribution is -2.31. The van der Waals surface area contributed by atoms with Crippen LogP contribution in [0.3, 0.4) is 0 Å². The molecule has 0 fully saturated rings. The molecule has 0 saturated carbocycles. The van der Waals surface area contributed by atoms with Gasteiger partial charge in [-0.15, -0.1) is 0 Å². The highest BCUT2D eigenvalue weighted by atomic mass is 19.1. The van der Waals surface area contributed by atoms with Gasteiger partial charge in [-0.1, -0.05) is 12.1 Å². The highest BCUT2D eigenvalue weighted by Gasteiger charge is 2.18. The second-order valence-corrected chi connectivity index (χ2v) is 4.69. The second kappa shape index (κ2) is 6.35. The first-order valence-corrected chi connectivity index (χ1v) is 6.60. The standard InChI is InChI=1S/C16H16F2N2O/c1-2-20(10-11-4-3-5-13(19)8-11)16(21)14-7-6-12(17)9-15(14)18/h3-9H,2,10,19H2,1H3. The molecular weight excluding hydrogens is 274 g/mol. The maximum absolute atomic E-state index is 13.7. The van der Waals surface area contributed by atoms with Gasteiger partial charge in [-0.05, 0) is 36.8 Å². The fraction of sp³-hybridized carbons (Fsp3) is 0.188. The minimum atomic E-state index is -0.856. The lowest BCUT2D eigenvalue weighted by molar-refractivity contribution is 0.0748. The number of halogens is 2. The Morgan fingerprint density at radius 1 is 1.19 bits per heavy atom. The number of carbonyl (C=O) groups excluding carboxylic acids is 1. The fourth-order valence-corrected chi connectivity index (χ4v) is 2.07. The number of carbonyl (C=O) groups is 1. The van der Waals surface area contributed by atoms with Crippen molar-refractivity contribution in [1.82, 2.24) is 4.90 Å². The molecule has 0 heterocycles. The van der Waals surface area contributed by atoms with Gasteiger partial charge < -0.3 is 10.6 Å². The number of anilines is 1. The molecule has 110 valence electrons. The van der Waals surface area contributed by atoms with Crippen LogP contribution in [0, 0.1) is 11.6 Å². The van der Waals surface area contributed by atoms with E-state index in [1.165, 1.54) is 4.90 Å². The van der Waals surface area contributed by atoms with Crippen LogP contribution in [0.25, 0.3) is 0 Å². The summed E-state index contributed by atoms with van der Waals surface area (Å²) in [5.41, 5.74) is 7.02. The van der Waals surface area contributed by atoms with Crippen LogP contribution >= 0.6 is 0 Å². The van der Waals surface area contributed by atoms with Crippen LogP contribution in [-0.4, -0.2) is 17.4 Å². The van der Waals surface area contributed by atoms with Crippen molar-refractivity contribution in [1.29, 1.82) is 0 Å². The lowest BCUT2D eigenvalue weighted by Gasteiger charge is -2.21. The normalized spacial score (nSPS) is 10.4. The molecule has 0 atom stereocenters. The van der Waals surface area contributed by atoms with Crippen LogP contribution in [0.1, 0.15) is 22.8 Å². The number of rotatable bonds is 4. The zero-order valence-electron chi connectivity index (χ0n) is 11.6. The smallest absolute Gasteiger partial charge is 0.257 e. The first-order chi connectivity index (χ1) is 10.0. The number of nitrogens with two attached hydrogens (primary N) is 1. The second-order valence-electron chi connectivity index (χ2n) is 4.69. The highest BCUT2D eigenvalue weighted by molar-refractivity contribution is 5.94. The van der Waals surface area contributed by atoms with Crippen molar-refractivity contribution in [2.24, 2.45) is 0 Å². The average Bonchev–Trinajstić information content (AvgIpc) is 2.44. The predicted molar refractivity (Wildman–Crippen MR) is 77.6 cm³/mol. The highest BCUT2D eigenvalue weighted by Crippen LogP contribution is 2.15. The van der Waals surface area contributed by atoms with Gasteiger partial charge in [0.1, 0.15) is 11.6 Å². The van der Waals surface area contributed by atoms with Gasteiger partial charge in [-0.25, -0.2) is 8.78 Å². The van der Waals surface area contributed by atoms with E-state index in [-0.39, 0.29) is 5.56 Å². The summed E-state index contributed by atoms with van der Waals surface area (Å²) in [6.45, 7) is 2.52. The summed E-state index contributed by atoms with van der Waals surface area (Å²) in [7, 11) is 0. The number of nitrogens with zero attached hydrogens (tertiary/aromatic N) is 1. The van der Waals surface area contributed by atoms with Crippen molar-refractivity contribution in [3.63, 3.8) is 0 Å². The van der Waals surface area contributed by atoms with E-state index in [4.69, 9.17) is 5.73 Å². The number of nitrogen functional groups attached to an aromatic ring is 1. The molecule has 0 aliphatic heterocycles. The van der Waals surface area contributed by atoms with Crippen LogP contribution < -0.4 is 5.73 Å². The Kier molecular flexibility index (Phi) is 4.52. The molecule has 2 aromatic rings. The van der Waals surface area contributed by atoms with E-state index in [1.54, 1.807) is 25.1 Å². The molecular formula is C16H16F2N2O. The Balaban J connectivity index is 2.22. The van der Waals surface area contributed by atoms with E-state index >= 15 is 0 Å². The molecule has 21 heavy (non-hydrogen) atoms. The first-order valence-electron chi connectivity index (χ1n) is 6.60. The monoisotopic (exact) mass is 290 g/mol. The van der Waals surface area contributed by atoms with Gasteiger partial charge in [0.25, 0.3) is 5.91 Å². The molecule has 1 amide bonds. The molecule has 2 N–H and O–H groups in total. The van der Waals surface area contributed by atoms with Gasteiger partial charge in [-0.2, -0.15) is 0 Å². The Labute approximate surface area is 122 Å². The quantitative estimate of drug-likeness (QED) is 0.879. The van der Waals surface area contributed by atoms with Crippen LogP contribution in [0.2, 0.25) is 0 Å². The summed E-state index contributed by atoms with van der Waals surface area (Å²) in [5.74, 6) is -2.04. The molecule has 0 unspecified atom stereocenters. The van der Waals surface area contributed by atoms with E-state index in [0.717, 1.165) is 17.7 Å². The summed E-state index contributed by atoms with van der Waals surface area (Å²) >= 11 is 0. The SMILES string of the molecule is CCN(Cc1cccc(N)c1)C(=O)c1ccc(F)cc1F. The largest absolute Gasteiger partial charge is 0.399 e. The Morgan fingerprint density at radius 3 is 2.57 bits per heavy atom. The molecule has 0 bridgehead atoms. The average molecular weight is 290 g/mol. The van der Waals surface area contributed by atoms with E-state index in [9.17, 15) is 13.6 Å². The Hall–Kier alpha value is -2.43. The lowest BCUT2D eigenvalue weighted by atomic mass is 10.1. The van der Waals surface area contributed by atoms with Crippen molar-refractivity contribution in [3.05, 3.63) is 65.2 Å². The third kappa shape index (κ3) is 3.56. The minimum absolute atomic E-state index is 0.137. The molecule has 0 aliphatic rings. The van der Waals surface area contributed by atoms with E-state index in [0.29, 0.717) is 24.8 Å². The van der Waals surface area contributed by atoms with Crippen molar-refractivity contribution in [3.8, 4) is 0 Å². The number of hydrogen-bond acceptors (Lipinski definition) is 2. The van der Waals surface area contributed by atoms with Gasteiger partial charge in [0.15, 0.2) is 0 Å². The van der Waals surface area contributed by atoms with Gasteiger partial charge >= 0.3 is 0 Å². The summed E-state index contributed by atoms with van der Waals surface area (Å²) in [6, 6.07) is 10.1. The molecule has 5 heteroatoms. The van der Waals surface area contributed by atoms with Gasteiger partial charge in [0.2, 0.25) is 0 Å². The van der Waals surface area contributed by atoms with E-state index < -0.39 is 17.5 Å². The topological polar surface area (TPSA) is 46.3 Å². The molecule has 0 spiro atoms.